The molecule has 0 spiro atoms. The van der Waals surface area contributed by atoms with E-state index in [-0.39, 0.29) is 29.0 Å². The largest absolute Gasteiger partial charge is 0.497 e. The third kappa shape index (κ3) is 6.25. The van der Waals surface area contributed by atoms with E-state index in [4.69, 9.17) is 9.15 Å². The smallest absolute Gasteiger partial charge is 0.287 e. The van der Waals surface area contributed by atoms with E-state index >= 15 is 0 Å². The summed E-state index contributed by atoms with van der Waals surface area (Å²) in [5, 5.41) is 7.84. The topological polar surface area (TPSA) is 135 Å². The van der Waals surface area contributed by atoms with Crippen LogP contribution >= 0.6 is 11.3 Å². The Morgan fingerprint density at radius 3 is 2.71 bits per heavy atom. The van der Waals surface area contributed by atoms with E-state index in [0.29, 0.717) is 36.0 Å². The van der Waals surface area contributed by atoms with Crippen molar-refractivity contribution in [3.05, 3.63) is 47.5 Å². The van der Waals surface area contributed by atoms with Crippen molar-refractivity contribution < 1.29 is 32.0 Å². The van der Waals surface area contributed by atoms with Crippen LogP contribution < -0.4 is 15.4 Å². The Balaban J connectivity index is 1.44. The number of fused-ring (bicyclic) bond motifs is 1. The molecule has 0 aliphatic carbocycles. The van der Waals surface area contributed by atoms with Crippen LogP contribution in [0.5, 0.6) is 5.75 Å². The van der Waals surface area contributed by atoms with Gasteiger partial charge in [0.1, 0.15) is 21.6 Å². The van der Waals surface area contributed by atoms with Gasteiger partial charge in [-0.1, -0.05) is 19.9 Å². The van der Waals surface area contributed by atoms with Crippen LogP contribution in [-0.4, -0.2) is 62.6 Å². The molecule has 204 valence electrons. The second kappa shape index (κ2) is 11.7. The molecular formula is C26H31N3O7S2. The zero-order valence-corrected chi connectivity index (χ0v) is 23.1. The number of benzene rings is 1. The summed E-state index contributed by atoms with van der Waals surface area (Å²) in [6.45, 7) is 3.70. The number of methoxy groups -OCH3 is 1. The lowest BCUT2D eigenvalue weighted by molar-refractivity contribution is -0.129. The van der Waals surface area contributed by atoms with Crippen molar-refractivity contribution in [2.45, 2.75) is 49.4 Å². The lowest BCUT2D eigenvalue weighted by Gasteiger charge is -2.23. The van der Waals surface area contributed by atoms with Crippen LogP contribution in [0.25, 0.3) is 11.0 Å². The average Bonchev–Trinajstić information content (AvgIpc) is 3.53. The van der Waals surface area contributed by atoms with Crippen LogP contribution in [0.3, 0.4) is 0 Å². The minimum absolute atomic E-state index is 0.0507. The predicted octanol–water partition coefficient (Wildman–Crippen LogP) is 3.19. The molecule has 0 bridgehead atoms. The molecule has 3 heterocycles. The zero-order chi connectivity index (χ0) is 27.4. The summed E-state index contributed by atoms with van der Waals surface area (Å²) in [6.07, 6.45) is 1.05. The van der Waals surface area contributed by atoms with E-state index in [2.05, 4.69) is 10.6 Å². The molecule has 1 saturated heterocycles. The van der Waals surface area contributed by atoms with Crippen LogP contribution in [0.2, 0.25) is 0 Å². The Morgan fingerprint density at radius 2 is 2.03 bits per heavy atom. The molecule has 10 nitrogen and oxygen atoms in total. The zero-order valence-electron chi connectivity index (χ0n) is 21.4. The van der Waals surface area contributed by atoms with Crippen LogP contribution in [0.1, 0.15) is 43.7 Å². The highest BCUT2D eigenvalue weighted by Gasteiger charge is 2.35. The summed E-state index contributed by atoms with van der Waals surface area (Å²) in [5.41, 5.74) is 0.506. The fourth-order valence-electron chi connectivity index (χ4n) is 4.36. The number of thiophene rings is 1. The van der Waals surface area contributed by atoms with Crippen LogP contribution in [-0.2, 0) is 19.6 Å². The van der Waals surface area contributed by atoms with Crippen molar-refractivity contribution in [2.75, 3.05) is 20.2 Å². The van der Waals surface area contributed by atoms with Crippen molar-refractivity contribution in [1.29, 1.82) is 0 Å². The highest BCUT2D eigenvalue weighted by atomic mass is 32.2. The van der Waals surface area contributed by atoms with Gasteiger partial charge >= 0.3 is 0 Å². The summed E-state index contributed by atoms with van der Waals surface area (Å²) in [7, 11) is -2.23. The van der Waals surface area contributed by atoms with Gasteiger partial charge in [0, 0.05) is 11.9 Å². The Labute approximate surface area is 225 Å². The summed E-state index contributed by atoms with van der Waals surface area (Å²) in [6, 6.07) is 8.13. The van der Waals surface area contributed by atoms with E-state index in [0.717, 1.165) is 15.6 Å². The van der Waals surface area contributed by atoms with Crippen molar-refractivity contribution >= 4 is 49.9 Å². The molecule has 2 atom stereocenters. The number of Topliss-reactive ketones (excluding diaryl/α,β-unsaturated/α-hetero) is 1. The number of nitrogens with one attached hydrogen (secondary N) is 2. The molecule has 0 saturated carbocycles. The molecule has 0 radical (unpaired) electrons. The van der Waals surface area contributed by atoms with Gasteiger partial charge in [-0.25, -0.2) is 8.42 Å². The minimum atomic E-state index is -3.78. The molecule has 2 amide bonds. The number of ketones is 1. The third-order valence-electron chi connectivity index (χ3n) is 6.30. The average molecular weight is 562 g/mol. The van der Waals surface area contributed by atoms with E-state index < -0.39 is 39.7 Å². The first-order chi connectivity index (χ1) is 18.1. The van der Waals surface area contributed by atoms with Crippen LogP contribution in [0, 0.1) is 5.92 Å². The highest BCUT2D eigenvalue weighted by molar-refractivity contribution is 7.91. The molecule has 1 aliphatic heterocycles. The van der Waals surface area contributed by atoms with Gasteiger partial charge in [0.25, 0.3) is 15.9 Å². The van der Waals surface area contributed by atoms with Crippen molar-refractivity contribution in [3.63, 3.8) is 0 Å². The normalized spacial score (nSPS) is 17.8. The van der Waals surface area contributed by atoms with Crippen LogP contribution in [0.15, 0.2) is 50.4 Å². The first-order valence-electron chi connectivity index (χ1n) is 12.3. The molecule has 2 aromatic heterocycles. The first kappa shape index (κ1) is 27.8. The number of amides is 2. The molecule has 4 rings (SSSR count). The molecule has 1 unspecified atom stereocenters. The SMILES string of the molecule is COc1ccc2oc(C(=O)NC(CC(C)C)C(=O)N[C@H]3CCCN(S(=O)(=O)c4cccs4)CC3=O)cc2c1. The maximum Gasteiger partial charge on any atom is 0.287 e. The fraction of sp³-hybridized carbons (Fsp3) is 0.423. The summed E-state index contributed by atoms with van der Waals surface area (Å²) in [5.74, 6) is -0.704. The molecule has 38 heavy (non-hydrogen) atoms. The Bertz CT molecular complexity index is 1410. The van der Waals surface area contributed by atoms with Gasteiger partial charge in [-0.05, 0) is 60.9 Å². The standard InChI is InChI=1S/C26H31N3O7S2/c1-16(2)12-20(28-26(32)23-14-17-13-18(35-3)8-9-22(17)36-23)25(31)27-19-6-4-10-29(15-21(19)30)38(33,34)24-7-5-11-37-24/h5,7-9,11,13-14,16,19-20H,4,6,10,12,15H2,1-3H3,(H,27,31)(H,28,32)/t19-,20?/m0/s1. The van der Waals surface area contributed by atoms with Crippen LogP contribution in [0.4, 0.5) is 0 Å². The highest BCUT2D eigenvalue weighted by Crippen LogP contribution is 2.25. The number of nitrogens with zero attached hydrogens (tertiary/aromatic N) is 1. The Morgan fingerprint density at radius 1 is 1.24 bits per heavy atom. The molecular weight excluding hydrogens is 530 g/mol. The predicted molar refractivity (Wildman–Crippen MR) is 143 cm³/mol. The van der Waals surface area contributed by atoms with Crippen molar-refractivity contribution in [1.82, 2.24) is 14.9 Å². The molecule has 12 heteroatoms. The maximum atomic E-state index is 13.2. The van der Waals surface area contributed by atoms with E-state index in [1.165, 1.54) is 6.07 Å². The number of sulfonamides is 1. The van der Waals surface area contributed by atoms with Gasteiger partial charge in [0.05, 0.1) is 19.7 Å². The Kier molecular flexibility index (Phi) is 8.54. The number of rotatable bonds is 9. The van der Waals surface area contributed by atoms with E-state index in [9.17, 15) is 22.8 Å². The molecule has 1 aromatic carbocycles. The number of furan rings is 1. The maximum absolute atomic E-state index is 13.2. The number of carbonyl (C=O) groups excluding carboxylic acids is 3. The first-order valence-corrected chi connectivity index (χ1v) is 14.7. The van der Waals surface area contributed by atoms with Gasteiger partial charge in [-0.2, -0.15) is 4.31 Å². The van der Waals surface area contributed by atoms with Gasteiger partial charge < -0.3 is 19.8 Å². The second-order valence-corrected chi connectivity index (χ2v) is 12.7. The summed E-state index contributed by atoms with van der Waals surface area (Å²) in [4.78, 5) is 39.2. The van der Waals surface area contributed by atoms with Crippen molar-refractivity contribution in [3.8, 4) is 5.75 Å². The van der Waals surface area contributed by atoms with Gasteiger partial charge in [-0.3, -0.25) is 14.4 Å². The molecule has 1 fully saturated rings. The van der Waals surface area contributed by atoms with Crippen molar-refractivity contribution in [2.24, 2.45) is 5.92 Å². The monoisotopic (exact) mass is 561 g/mol. The number of ether oxygens (including phenoxy) is 1. The molecule has 1 aliphatic rings. The number of hydrogen-bond donors (Lipinski definition) is 2. The lowest BCUT2D eigenvalue weighted by Crippen LogP contribution is -2.52. The fourth-order valence-corrected chi connectivity index (χ4v) is 6.95. The lowest BCUT2D eigenvalue weighted by atomic mass is 10.0. The third-order valence-corrected chi connectivity index (χ3v) is 9.52. The van der Waals surface area contributed by atoms with Gasteiger partial charge in [-0.15, -0.1) is 11.3 Å². The van der Waals surface area contributed by atoms with E-state index in [1.807, 2.05) is 13.8 Å². The Hall–Kier alpha value is -3.22. The molecule has 3 aromatic rings. The number of hydrogen-bond acceptors (Lipinski definition) is 8. The second-order valence-electron chi connectivity index (χ2n) is 9.61. The summed E-state index contributed by atoms with van der Waals surface area (Å²) < 4.78 is 38.0. The number of carbonyl (C=O) groups is 3. The van der Waals surface area contributed by atoms with Gasteiger partial charge in [0.15, 0.2) is 11.5 Å². The summed E-state index contributed by atoms with van der Waals surface area (Å²) >= 11 is 1.09. The molecule has 2 N–H and O–H groups in total. The van der Waals surface area contributed by atoms with E-state index in [1.54, 1.807) is 42.8 Å². The van der Waals surface area contributed by atoms with Gasteiger partial charge in [0.2, 0.25) is 5.91 Å². The quantitative estimate of drug-likeness (QED) is 0.410. The minimum Gasteiger partial charge on any atom is -0.497 e.